The first-order chi connectivity index (χ1) is 8.66. The van der Waals surface area contributed by atoms with Crippen molar-refractivity contribution in [3.8, 4) is 0 Å². The Morgan fingerprint density at radius 1 is 1.28 bits per heavy atom. The van der Waals surface area contributed by atoms with Gasteiger partial charge in [-0.25, -0.2) is 5.48 Å². The van der Waals surface area contributed by atoms with E-state index in [0.29, 0.717) is 23.6 Å². The summed E-state index contributed by atoms with van der Waals surface area (Å²) in [4.78, 5) is 25.2. The van der Waals surface area contributed by atoms with E-state index in [1.165, 1.54) is 0 Å². The first kappa shape index (κ1) is 12.4. The van der Waals surface area contributed by atoms with E-state index in [9.17, 15) is 4.79 Å². The molecule has 0 spiro atoms. The highest BCUT2D eigenvalue weighted by atomic mass is 16.6. The fourth-order valence-corrected chi connectivity index (χ4v) is 1.44. The predicted molar refractivity (Wildman–Crippen MR) is 67.8 cm³/mol. The van der Waals surface area contributed by atoms with Crippen LogP contribution in [0.5, 0.6) is 0 Å². The second-order valence-electron chi connectivity index (χ2n) is 4.40. The number of hydrogen-bond donors (Lipinski definition) is 1. The molecule has 0 bridgehead atoms. The number of fused-ring (bicyclic) bond motifs is 1. The van der Waals surface area contributed by atoms with Crippen molar-refractivity contribution in [1.29, 1.82) is 0 Å². The molecule has 2 aromatic rings. The summed E-state index contributed by atoms with van der Waals surface area (Å²) < 4.78 is 0. The van der Waals surface area contributed by atoms with Gasteiger partial charge in [-0.15, -0.1) is 0 Å². The third-order valence-corrected chi connectivity index (χ3v) is 2.31. The molecule has 1 heterocycles. The van der Waals surface area contributed by atoms with Crippen LogP contribution in [-0.2, 0) is 4.84 Å². The number of rotatable bonds is 4. The van der Waals surface area contributed by atoms with Crippen LogP contribution in [0.2, 0.25) is 0 Å². The van der Waals surface area contributed by atoms with E-state index in [0.717, 1.165) is 5.52 Å². The standard InChI is InChI=1S/C13H15N3O2/c1-9(2)8-18-16-13(17)10-3-4-11-12(7-10)15-6-5-14-11/h3-7,9H,8H2,1-2H3,(H,16,17). The van der Waals surface area contributed by atoms with Crippen molar-refractivity contribution in [3.05, 3.63) is 36.2 Å². The molecule has 0 atom stereocenters. The van der Waals surface area contributed by atoms with Crippen LogP contribution in [0.15, 0.2) is 30.6 Å². The Morgan fingerprint density at radius 3 is 2.72 bits per heavy atom. The summed E-state index contributed by atoms with van der Waals surface area (Å²) in [7, 11) is 0. The zero-order chi connectivity index (χ0) is 13.0. The molecular formula is C13H15N3O2. The summed E-state index contributed by atoms with van der Waals surface area (Å²) >= 11 is 0. The lowest BCUT2D eigenvalue weighted by atomic mass is 10.2. The molecule has 5 nitrogen and oxygen atoms in total. The number of hydrogen-bond acceptors (Lipinski definition) is 4. The molecule has 0 aliphatic rings. The van der Waals surface area contributed by atoms with E-state index in [1.807, 2.05) is 13.8 Å². The maximum Gasteiger partial charge on any atom is 0.274 e. The second-order valence-corrected chi connectivity index (χ2v) is 4.40. The number of carbonyl (C=O) groups excluding carboxylic acids is 1. The Bertz CT molecular complexity index is 555. The van der Waals surface area contributed by atoms with Gasteiger partial charge in [-0.05, 0) is 24.1 Å². The molecule has 1 aromatic heterocycles. The van der Waals surface area contributed by atoms with Crippen LogP contribution in [0.4, 0.5) is 0 Å². The van der Waals surface area contributed by atoms with Gasteiger partial charge in [-0.3, -0.25) is 19.6 Å². The summed E-state index contributed by atoms with van der Waals surface area (Å²) in [6, 6.07) is 5.15. The van der Waals surface area contributed by atoms with Crippen LogP contribution >= 0.6 is 0 Å². The van der Waals surface area contributed by atoms with Crippen molar-refractivity contribution in [2.45, 2.75) is 13.8 Å². The van der Waals surface area contributed by atoms with Gasteiger partial charge in [0.05, 0.1) is 17.6 Å². The van der Waals surface area contributed by atoms with Crippen LogP contribution < -0.4 is 5.48 Å². The van der Waals surface area contributed by atoms with Gasteiger partial charge in [0.2, 0.25) is 0 Å². The van der Waals surface area contributed by atoms with Crippen LogP contribution in [0, 0.1) is 5.92 Å². The molecule has 0 aliphatic heterocycles. The highest BCUT2D eigenvalue weighted by molar-refractivity contribution is 5.96. The molecule has 0 saturated heterocycles. The number of carbonyl (C=O) groups is 1. The molecule has 2 rings (SSSR count). The zero-order valence-corrected chi connectivity index (χ0v) is 10.4. The maximum absolute atomic E-state index is 11.8. The molecule has 5 heteroatoms. The average molecular weight is 245 g/mol. The lowest BCUT2D eigenvalue weighted by Gasteiger charge is -2.08. The number of aromatic nitrogens is 2. The van der Waals surface area contributed by atoms with E-state index in [2.05, 4.69) is 15.4 Å². The quantitative estimate of drug-likeness (QED) is 0.836. The SMILES string of the molecule is CC(C)CONC(=O)c1ccc2nccnc2c1. The van der Waals surface area contributed by atoms with Crippen molar-refractivity contribution >= 4 is 16.9 Å². The first-order valence-electron chi connectivity index (χ1n) is 5.79. The number of nitrogens with zero attached hydrogens (tertiary/aromatic N) is 2. The molecule has 18 heavy (non-hydrogen) atoms. The Kier molecular flexibility index (Phi) is 3.84. The summed E-state index contributed by atoms with van der Waals surface area (Å²) in [6.07, 6.45) is 3.22. The highest BCUT2D eigenvalue weighted by Gasteiger charge is 2.07. The fraction of sp³-hybridized carbons (Fsp3) is 0.308. The number of nitrogens with one attached hydrogen (secondary N) is 1. The first-order valence-corrected chi connectivity index (χ1v) is 5.79. The van der Waals surface area contributed by atoms with Crippen molar-refractivity contribution in [1.82, 2.24) is 15.4 Å². The Balaban J connectivity index is 2.08. The Hall–Kier alpha value is -2.01. The van der Waals surface area contributed by atoms with Crippen molar-refractivity contribution in [2.24, 2.45) is 5.92 Å². The smallest absolute Gasteiger partial charge is 0.273 e. The highest BCUT2D eigenvalue weighted by Crippen LogP contribution is 2.10. The second kappa shape index (κ2) is 5.55. The van der Waals surface area contributed by atoms with E-state index in [1.54, 1.807) is 30.6 Å². The molecule has 1 aromatic carbocycles. The van der Waals surface area contributed by atoms with Gasteiger partial charge in [0.15, 0.2) is 0 Å². The normalized spacial score (nSPS) is 10.8. The summed E-state index contributed by atoms with van der Waals surface area (Å²) in [5.41, 5.74) is 4.36. The molecule has 94 valence electrons. The van der Waals surface area contributed by atoms with Gasteiger partial charge in [-0.2, -0.15) is 0 Å². The Labute approximate surface area is 105 Å². The largest absolute Gasteiger partial charge is 0.274 e. The number of benzene rings is 1. The predicted octanol–water partition coefficient (Wildman–Crippen LogP) is 1.95. The minimum absolute atomic E-state index is 0.275. The van der Waals surface area contributed by atoms with Crippen molar-refractivity contribution < 1.29 is 9.63 Å². The molecule has 0 fully saturated rings. The zero-order valence-electron chi connectivity index (χ0n) is 10.4. The minimum atomic E-state index is -0.275. The lowest BCUT2D eigenvalue weighted by Crippen LogP contribution is -2.25. The average Bonchev–Trinajstić information content (AvgIpc) is 2.37. The molecular weight excluding hydrogens is 230 g/mol. The minimum Gasteiger partial charge on any atom is -0.273 e. The molecule has 1 amide bonds. The van der Waals surface area contributed by atoms with E-state index >= 15 is 0 Å². The van der Waals surface area contributed by atoms with Crippen molar-refractivity contribution in [3.63, 3.8) is 0 Å². The summed E-state index contributed by atoms with van der Waals surface area (Å²) in [6.45, 7) is 4.51. The maximum atomic E-state index is 11.8. The number of amides is 1. The summed E-state index contributed by atoms with van der Waals surface area (Å²) in [5.74, 6) is 0.0935. The van der Waals surface area contributed by atoms with E-state index in [-0.39, 0.29) is 5.91 Å². The van der Waals surface area contributed by atoms with Gasteiger partial charge in [-0.1, -0.05) is 13.8 Å². The molecule has 1 N–H and O–H groups in total. The summed E-state index contributed by atoms with van der Waals surface area (Å²) in [5, 5.41) is 0. The van der Waals surface area contributed by atoms with Crippen LogP contribution in [0.1, 0.15) is 24.2 Å². The van der Waals surface area contributed by atoms with Gasteiger partial charge in [0.25, 0.3) is 5.91 Å². The van der Waals surface area contributed by atoms with Gasteiger partial charge >= 0.3 is 0 Å². The molecule has 0 aliphatic carbocycles. The third kappa shape index (κ3) is 3.01. The van der Waals surface area contributed by atoms with Gasteiger partial charge in [0, 0.05) is 18.0 Å². The van der Waals surface area contributed by atoms with E-state index in [4.69, 9.17) is 4.84 Å². The van der Waals surface area contributed by atoms with Gasteiger partial charge < -0.3 is 0 Å². The lowest BCUT2D eigenvalue weighted by molar-refractivity contribution is 0.0209. The monoisotopic (exact) mass is 245 g/mol. The number of hydroxylamine groups is 1. The molecule has 0 radical (unpaired) electrons. The molecule has 0 saturated carbocycles. The fourth-order valence-electron chi connectivity index (χ4n) is 1.44. The van der Waals surface area contributed by atoms with Crippen molar-refractivity contribution in [2.75, 3.05) is 6.61 Å². The van der Waals surface area contributed by atoms with Crippen LogP contribution in [0.3, 0.4) is 0 Å². The topological polar surface area (TPSA) is 64.1 Å². The Morgan fingerprint density at radius 2 is 2.00 bits per heavy atom. The van der Waals surface area contributed by atoms with Crippen LogP contribution in [0.25, 0.3) is 11.0 Å². The molecule has 0 unspecified atom stereocenters. The van der Waals surface area contributed by atoms with Crippen LogP contribution in [-0.4, -0.2) is 22.5 Å². The third-order valence-electron chi connectivity index (χ3n) is 2.31. The van der Waals surface area contributed by atoms with Gasteiger partial charge in [0.1, 0.15) is 0 Å². The van der Waals surface area contributed by atoms with E-state index < -0.39 is 0 Å².